The lowest BCUT2D eigenvalue weighted by Gasteiger charge is -2.48. The molecule has 9 nitrogen and oxygen atoms in total. The van der Waals surface area contributed by atoms with Crippen molar-refractivity contribution >= 4 is 18.5 Å². The molecule has 0 spiro atoms. The minimum absolute atomic E-state index is 0.0612. The molecule has 9 heteroatoms. The summed E-state index contributed by atoms with van der Waals surface area (Å²) in [5, 5.41) is 0. The van der Waals surface area contributed by atoms with E-state index < -0.39 is 18.5 Å². The van der Waals surface area contributed by atoms with E-state index in [0.29, 0.717) is 46.3 Å². The average molecular weight is 887 g/mol. The van der Waals surface area contributed by atoms with Gasteiger partial charge in [0.05, 0.1) is 0 Å². The quantitative estimate of drug-likeness (QED) is 0.0981. The van der Waals surface area contributed by atoms with Crippen LogP contribution in [0.1, 0.15) is 102 Å². The van der Waals surface area contributed by atoms with Gasteiger partial charge in [-0.25, -0.2) is 14.4 Å². The summed E-state index contributed by atoms with van der Waals surface area (Å²) >= 11 is 0. The molecule has 4 atom stereocenters. The Kier molecular flexibility index (Phi) is 13.1. The zero-order valence-corrected chi connectivity index (χ0v) is 38.6. The van der Waals surface area contributed by atoms with E-state index in [4.69, 9.17) is 28.4 Å². The van der Waals surface area contributed by atoms with E-state index >= 15 is 0 Å². The molecule has 66 heavy (non-hydrogen) atoms. The normalized spacial score (nSPS) is 22.0. The first-order chi connectivity index (χ1) is 31.6. The predicted octanol–water partition coefficient (Wildman–Crippen LogP) is 14.7. The summed E-state index contributed by atoms with van der Waals surface area (Å²) in [7, 11) is 0. The molecule has 8 rings (SSSR count). The van der Waals surface area contributed by atoms with Gasteiger partial charge in [0.1, 0.15) is 34.5 Å². The summed E-state index contributed by atoms with van der Waals surface area (Å²) in [6, 6.07) is 48.4. The smallest absolute Gasteiger partial charge is 0.395 e. The maximum absolute atomic E-state index is 13.3. The summed E-state index contributed by atoms with van der Waals surface area (Å²) in [6.07, 6.45) is 3.43. The molecule has 2 saturated carbocycles. The SMILES string of the molecule is CC1CC(C)(C)CC(c2ccc(OC(=O)Oc3ccccc3)cc2)(c2ccc(OC(=O)Oc3ccc(C4(c5ccc(OC(=O)Oc6ccccc6)cc5)CC(C)CC(C)(C)C4)cc3)cc2)C1. The van der Waals surface area contributed by atoms with Crippen molar-refractivity contribution in [2.75, 3.05) is 0 Å². The van der Waals surface area contributed by atoms with Crippen LogP contribution in [-0.2, 0) is 10.8 Å². The first kappa shape index (κ1) is 45.7. The zero-order valence-electron chi connectivity index (χ0n) is 38.6. The van der Waals surface area contributed by atoms with E-state index in [0.717, 1.165) is 60.8 Å². The minimum Gasteiger partial charge on any atom is -0.395 e. The van der Waals surface area contributed by atoms with Gasteiger partial charge in [-0.3, -0.25) is 0 Å². The fraction of sp³-hybridized carbons (Fsp3) is 0.316. The molecule has 0 aromatic heterocycles. The molecule has 6 aromatic carbocycles. The zero-order chi connectivity index (χ0) is 46.5. The third kappa shape index (κ3) is 10.8. The van der Waals surface area contributed by atoms with Crippen LogP contribution in [0.5, 0.6) is 34.5 Å². The Labute approximate surface area is 388 Å². The van der Waals surface area contributed by atoms with Crippen molar-refractivity contribution in [2.45, 2.75) is 90.9 Å². The molecule has 4 unspecified atom stereocenters. The molecule has 0 radical (unpaired) electrons. The van der Waals surface area contributed by atoms with Crippen molar-refractivity contribution in [3.8, 4) is 34.5 Å². The predicted molar refractivity (Wildman–Crippen MR) is 254 cm³/mol. The summed E-state index contributed by atoms with van der Waals surface area (Å²) in [5.74, 6) is 3.25. The Balaban J connectivity index is 0.951. The second-order valence-corrected chi connectivity index (χ2v) is 20.0. The Morgan fingerprint density at radius 3 is 0.803 bits per heavy atom. The molecule has 0 amide bonds. The Hall–Kier alpha value is -6.87. The van der Waals surface area contributed by atoms with E-state index in [-0.39, 0.29) is 21.7 Å². The lowest BCUT2D eigenvalue weighted by molar-refractivity contribution is 0.126. The van der Waals surface area contributed by atoms with Gasteiger partial charge in [0.15, 0.2) is 0 Å². The Morgan fingerprint density at radius 1 is 0.348 bits per heavy atom. The van der Waals surface area contributed by atoms with Crippen LogP contribution in [0.2, 0.25) is 0 Å². The summed E-state index contributed by atoms with van der Waals surface area (Å²) < 4.78 is 33.2. The van der Waals surface area contributed by atoms with Crippen molar-refractivity contribution in [2.24, 2.45) is 22.7 Å². The van der Waals surface area contributed by atoms with Crippen molar-refractivity contribution in [1.29, 1.82) is 0 Å². The Morgan fingerprint density at radius 2 is 0.576 bits per heavy atom. The van der Waals surface area contributed by atoms with Gasteiger partial charge in [0.2, 0.25) is 0 Å². The van der Waals surface area contributed by atoms with Crippen LogP contribution in [0.3, 0.4) is 0 Å². The van der Waals surface area contributed by atoms with Gasteiger partial charge < -0.3 is 28.4 Å². The third-order valence-corrected chi connectivity index (χ3v) is 13.1. The van der Waals surface area contributed by atoms with Gasteiger partial charge >= 0.3 is 18.5 Å². The number of rotatable bonds is 10. The fourth-order valence-corrected chi connectivity index (χ4v) is 11.3. The van der Waals surface area contributed by atoms with Crippen LogP contribution >= 0.6 is 0 Å². The van der Waals surface area contributed by atoms with Crippen LogP contribution in [0.4, 0.5) is 14.4 Å². The van der Waals surface area contributed by atoms with Gasteiger partial charge in [-0.15, -0.1) is 0 Å². The summed E-state index contributed by atoms with van der Waals surface area (Å²) in [4.78, 5) is 38.3. The topological polar surface area (TPSA) is 107 Å². The Bertz CT molecular complexity index is 2420. The first-order valence-electron chi connectivity index (χ1n) is 22.8. The second-order valence-electron chi connectivity index (χ2n) is 20.0. The number of carbonyl (C=O) groups excluding carboxylic acids is 3. The molecule has 0 aliphatic heterocycles. The summed E-state index contributed by atoms with van der Waals surface area (Å²) in [5.41, 5.74) is 3.90. The number of benzene rings is 6. The molecule has 340 valence electrons. The van der Waals surface area contributed by atoms with E-state index in [2.05, 4.69) is 41.5 Å². The van der Waals surface area contributed by atoms with Gasteiger partial charge in [0.25, 0.3) is 0 Å². The highest BCUT2D eigenvalue weighted by Crippen LogP contribution is 2.55. The van der Waals surface area contributed by atoms with Crippen LogP contribution in [0.15, 0.2) is 158 Å². The molecule has 0 N–H and O–H groups in total. The summed E-state index contributed by atoms with van der Waals surface area (Å²) in [6.45, 7) is 13.8. The average Bonchev–Trinajstić information content (AvgIpc) is 3.26. The second kappa shape index (κ2) is 18.9. The highest BCUT2D eigenvalue weighted by Gasteiger charge is 2.46. The van der Waals surface area contributed by atoms with E-state index in [1.165, 1.54) is 0 Å². The molecule has 0 bridgehead atoms. The first-order valence-corrected chi connectivity index (χ1v) is 22.8. The third-order valence-electron chi connectivity index (χ3n) is 13.1. The monoisotopic (exact) mass is 886 g/mol. The molecule has 0 saturated heterocycles. The lowest BCUT2D eigenvalue weighted by Crippen LogP contribution is -2.41. The maximum atomic E-state index is 13.3. The molecular formula is C57H58O9. The van der Waals surface area contributed by atoms with Crippen LogP contribution in [-0.4, -0.2) is 18.5 Å². The molecule has 2 fully saturated rings. The highest BCUT2D eigenvalue weighted by molar-refractivity contribution is 5.69. The molecular weight excluding hydrogens is 829 g/mol. The van der Waals surface area contributed by atoms with Crippen LogP contribution in [0, 0.1) is 22.7 Å². The maximum Gasteiger partial charge on any atom is 0.519 e. The van der Waals surface area contributed by atoms with Gasteiger partial charge in [-0.1, -0.05) is 126 Å². The lowest BCUT2D eigenvalue weighted by atomic mass is 9.55. The number of hydrogen-bond acceptors (Lipinski definition) is 9. The number of hydrogen-bond donors (Lipinski definition) is 0. The van der Waals surface area contributed by atoms with Crippen LogP contribution in [0.25, 0.3) is 0 Å². The molecule has 2 aliphatic rings. The standard InChI is InChI=1S/C57H58O9/c1-39-33-54(3,4)37-56(35-39,41-17-25-47(26-18-41)63-51(58)61-45-13-9-7-10-14-45)43-21-29-49(30-22-43)65-53(60)66-50-31-23-44(24-32-50)57(36-40(2)34-55(5,6)38-57)42-19-27-48(28-20-42)64-52(59)62-46-15-11-8-12-16-46/h7-32,39-40H,33-38H2,1-6H3. The van der Waals surface area contributed by atoms with E-state index in [1.807, 2.05) is 109 Å². The fourth-order valence-electron chi connectivity index (χ4n) is 11.3. The van der Waals surface area contributed by atoms with Crippen LogP contribution < -0.4 is 28.4 Å². The van der Waals surface area contributed by atoms with Gasteiger partial charge in [0, 0.05) is 10.8 Å². The van der Waals surface area contributed by atoms with Gasteiger partial charge in [-0.05, 0) is 156 Å². The minimum atomic E-state index is -0.831. The number of carbonyl (C=O) groups is 3. The van der Waals surface area contributed by atoms with Crippen molar-refractivity contribution < 1.29 is 42.8 Å². The van der Waals surface area contributed by atoms with Gasteiger partial charge in [-0.2, -0.15) is 0 Å². The van der Waals surface area contributed by atoms with E-state index in [1.54, 1.807) is 48.5 Å². The molecule has 6 aromatic rings. The molecule has 0 heterocycles. The van der Waals surface area contributed by atoms with E-state index in [9.17, 15) is 14.4 Å². The van der Waals surface area contributed by atoms with Crippen molar-refractivity contribution in [3.63, 3.8) is 0 Å². The largest absolute Gasteiger partial charge is 0.519 e. The number of para-hydroxylation sites is 2. The highest BCUT2D eigenvalue weighted by atomic mass is 16.7. The van der Waals surface area contributed by atoms with Crippen molar-refractivity contribution in [1.82, 2.24) is 0 Å². The van der Waals surface area contributed by atoms with Crippen molar-refractivity contribution in [3.05, 3.63) is 180 Å². The molecule has 2 aliphatic carbocycles. The number of ether oxygens (including phenoxy) is 6.